The summed E-state index contributed by atoms with van der Waals surface area (Å²) in [5.74, 6) is 0. The van der Waals surface area contributed by atoms with E-state index in [0.717, 1.165) is 11.3 Å². The van der Waals surface area contributed by atoms with Crippen LogP contribution in [0.25, 0.3) is 0 Å². The van der Waals surface area contributed by atoms with Crippen LogP contribution in [0.2, 0.25) is 0 Å². The normalized spacial score (nSPS) is 20.3. The number of hydrogen-bond acceptors (Lipinski definition) is 2. The van der Waals surface area contributed by atoms with Gasteiger partial charge in [0.15, 0.2) is 0 Å². The first-order valence-electron chi connectivity index (χ1n) is 3.37. The number of hydrogen-bond donors (Lipinski definition) is 1. The van der Waals surface area contributed by atoms with Crippen molar-refractivity contribution in [3.8, 4) is 0 Å². The Hall–Kier alpha value is -1.44. The zero-order chi connectivity index (χ0) is 8.27. The zero-order valence-electron chi connectivity index (χ0n) is 6.46. The van der Waals surface area contributed by atoms with Crippen molar-refractivity contribution in [2.45, 2.75) is 6.92 Å². The first-order chi connectivity index (χ1) is 5.25. The first-order valence-corrected chi connectivity index (χ1v) is 3.37. The molecule has 2 nitrogen and oxygen atoms in total. The molecule has 0 atom stereocenters. The van der Waals surface area contributed by atoms with Crippen LogP contribution in [0.1, 0.15) is 6.92 Å². The summed E-state index contributed by atoms with van der Waals surface area (Å²) in [6.07, 6.45) is 7.33. The molecule has 1 N–H and O–H groups in total. The number of nitrogens with zero attached hydrogens (tertiary/aromatic N) is 1. The van der Waals surface area contributed by atoms with E-state index in [1.165, 1.54) is 0 Å². The molecule has 0 aromatic heterocycles. The Morgan fingerprint density at radius 3 is 2.64 bits per heavy atom. The van der Waals surface area contributed by atoms with E-state index in [1.807, 2.05) is 25.2 Å². The van der Waals surface area contributed by atoms with Crippen molar-refractivity contribution >= 4 is 12.4 Å². The summed E-state index contributed by atoms with van der Waals surface area (Å²) in [4.78, 5) is 3.77. The lowest BCUT2D eigenvalue weighted by atomic mass is 10.0. The fraction of sp³-hybridized carbons (Fsp3) is 0.111. The summed E-state index contributed by atoms with van der Waals surface area (Å²) in [6, 6.07) is 0. The van der Waals surface area contributed by atoms with Crippen LogP contribution in [0.4, 0.5) is 0 Å². The molecule has 0 heterocycles. The molecule has 1 aliphatic rings. The van der Waals surface area contributed by atoms with Gasteiger partial charge < -0.3 is 5.41 Å². The van der Waals surface area contributed by atoms with Crippen LogP contribution in [0.5, 0.6) is 0 Å². The van der Waals surface area contributed by atoms with E-state index in [1.54, 1.807) is 6.08 Å². The first kappa shape index (κ1) is 7.66. The Kier molecular flexibility index (Phi) is 2.16. The highest BCUT2D eigenvalue weighted by Gasteiger charge is 2.03. The second-order valence-corrected chi connectivity index (χ2v) is 2.29. The molecule has 1 rings (SSSR count). The molecule has 0 amide bonds. The summed E-state index contributed by atoms with van der Waals surface area (Å²) in [7, 11) is 0. The molecular weight excluding hydrogens is 136 g/mol. The summed E-state index contributed by atoms with van der Waals surface area (Å²) < 4.78 is 0. The van der Waals surface area contributed by atoms with E-state index in [0.29, 0.717) is 5.71 Å². The molecule has 0 aromatic carbocycles. The zero-order valence-corrected chi connectivity index (χ0v) is 6.46. The van der Waals surface area contributed by atoms with E-state index in [2.05, 4.69) is 11.7 Å². The third kappa shape index (κ3) is 1.52. The van der Waals surface area contributed by atoms with Crippen LogP contribution < -0.4 is 0 Å². The minimum atomic E-state index is 0.498. The highest BCUT2D eigenvalue weighted by molar-refractivity contribution is 6.09. The van der Waals surface area contributed by atoms with Gasteiger partial charge in [-0.05, 0) is 19.7 Å². The van der Waals surface area contributed by atoms with E-state index in [9.17, 15) is 0 Å². The SMILES string of the molecule is C=N/C(C)=C1/C=CC=CC1=N. The van der Waals surface area contributed by atoms with Gasteiger partial charge in [0.2, 0.25) is 0 Å². The average Bonchev–Trinajstić information content (AvgIpc) is 2.04. The van der Waals surface area contributed by atoms with E-state index in [-0.39, 0.29) is 0 Å². The van der Waals surface area contributed by atoms with Crippen LogP contribution in [0.15, 0.2) is 40.6 Å². The lowest BCUT2D eigenvalue weighted by molar-refractivity contribution is 1.29. The van der Waals surface area contributed by atoms with Crippen molar-refractivity contribution in [2.75, 3.05) is 0 Å². The molecule has 0 saturated carbocycles. The maximum atomic E-state index is 7.50. The van der Waals surface area contributed by atoms with Crippen molar-refractivity contribution in [2.24, 2.45) is 4.99 Å². The number of aliphatic imine (C=N–C) groups is 1. The van der Waals surface area contributed by atoms with Gasteiger partial charge in [-0.1, -0.05) is 18.2 Å². The van der Waals surface area contributed by atoms with Crippen LogP contribution in [0.3, 0.4) is 0 Å². The molecule has 0 spiro atoms. The van der Waals surface area contributed by atoms with Crippen LogP contribution in [0, 0.1) is 5.41 Å². The van der Waals surface area contributed by atoms with Crippen molar-refractivity contribution in [3.05, 3.63) is 35.6 Å². The lowest BCUT2D eigenvalue weighted by Gasteiger charge is -2.04. The third-order valence-corrected chi connectivity index (χ3v) is 1.55. The summed E-state index contributed by atoms with van der Waals surface area (Å²) in [5.41, 5.74) is 2.15. The van der Waals surface area contributed by atoms with Gasteiger partial charge in [-0.25, -0.2) is 0 Å². The van der Waals surface area contributed by atoms with Gasteiger partial charge in [-0.15, -0.1) is 0 Å². The predicted molar refractivity (Wildman–Crippen MR) is 48.3 cm³/mol. The summed E-state index contributed by atoms with van der Waals surface area (Å²) >= 11 is 0. The van der Waals surface area contributed by atoms with Gasteiger partial charge in [0, 0.05) is 11.3 Å². The lowest BCUT2D eigenvalue weighted by Crippen LogP contribution is -1.99. The van der Waals surface area contributed by atoms with Crippen molar-refractivity contribution in [1.29, 1.82) is 5.41 Å². The van der Waals surface area contributed by atoms with Crippen LogP contribution in [-0.2, 0) is 0 Å². The van der Waals surface area contributed by atoms with Gasteiger partial charge in [0.25, 0.3) is 0 Å². The topological polar surface area (TPSA) is 36.2 Å². The summed E-state index contributed by atoms with van der Waals surface area (Å²) in [6.45, 7) is 5.26. The van der Waals surface area contributed by atoms with E-state index >= 15 is 0 Å². The smallest absolute Gasteiger partial charge is 0.0630 e. The fourth-order valence-electron chi connectivity index (χ4n) is 0.884. The Morgan fingerprint density at radius 2 is 2.09 bits per heavy atom. The molecule has 0 aromatic rings. The molecule has 56 valence electrons. The van der Waals surface area contributed by atoms with Gasteiger partial charge in [-0.2, -0.15) is 0 Å². The monoisotopic (exact) mass is 146 g/mol. The second-order valence-electron chi connectivity index (χ2n) is 2.29. The highest BCUT2D eigenvalue weighted by Crippen LogP contribution is 2.12. The second kappa shape index (κ2) is 3.10. The number of nitrogens with one attached hydrogen (secondary N) is 1. The Balaban J connectivity index is 3.07. The van der Waals surface area contributed by atoms with Gasteiger partial charge in [0.1, 0.15) is 0 Å². The van der Waals surface area contributed by atoms with Crippen LogP contribution >= 0.6 is 0 Å². The predicted octanol–water partition coefficient (Wildman–Crippen LogP) is 2.11. The molecule has 0 bridgehead atoms. The maximum absolute atomic E-state index is 7.50. The maximum Gasteiger partial charge on any atom is 0.0630 e. The molecular formula is C9H10N2. The fourth-order valence-corrected chi connectivity index (χ4v) is 0.884. The Labute approximate surface area is 66.2 Å². The quantitative estimate of drug-likeness (QED) is 0.550. The Bertz CT molecular complexity index is 280. The molecule has 0 radical (unpaired) electrons. The minimum Gasteiger partial charge on any atom is -0.300 e. The number of allylic oxidation sites excluding steroid dienone is 6. The van der Waals surface area contributed by atoms with Gasteiger partial charge in [-0.3, -0.25) is 4.99 Å². The summed E-state index contributed by atoms with van der Waals surface area (Å²) in [5, 5.41) is 7.50. The van der Waals surface area contributed by atoms with E-state index < -0.39 is 0 Å². The molecule has 0 fully saturated rings. The average molecular weight is 146 g/mol. The van der Waals surface area contributed by atoms with Crippen molar-refractivity contribution < 1.29 is 0 Å². The molecule has 11 heavy (non-hydrogen) atoms. The molecule has 0 saturated heterocycles. The van der Waals surface area contributed by atoms with Crippen LogP contribution in [-0.4, -0.2) is 12.4 Å². The number of rotatable bonds is 1. The molecule has 2 heteroatoms. The van der Waals surface area contributed by atoms with Crippen molar-refractivity contribution in [1.82, 2.24) is 0 Å². The molecule has 0 unspecified atom stereocenters. The highest BCUT2D eigenvalue weighted by atomic mass is 14.7. The van der Waals surface area contributed by atoms with Crippen molar-refractivity contribution in [3.63, 3.8) is 0 Å². The standard InChI is InChI=1S/C9H10N2/c1-7(11-2)8-5-3-4-6-9(8)10/h3-6,10H,2H2,1H3/b8-7-,10-9?. The molecule has 0 aliphatic heterocycles. The van der Waals surface area contributed by atoms with E-state index in [4.69, 9.17) is 5.41 Å². The third-order valence-electron chi connectivity index (χ3n) is 1.55. The Morgan fingerprint density at radius 1 is 1.45 bits per heavy atom. The molecule has 1 aliphatic carbocycles. The van der Waals surface area contributed by atoms with Gasteiger partial charge >= 0.3 is 0 Å². The van der Waals surface area contributed by atoms with Gasteiger partial charge in [0.05, 0.1) is 5.71 Å². The largest absolute Gasteiger partial charge is 0.300 e. The minimum absolute atomic E-state index is 0.498.